The van der Waals surface area contributed by atoms with Gasteiger partial charge in [-0.2, -0.15) is 0 Å². The summed E-state index contributed by atoms with van der Waals surface area (Å²) in [6, 6.07) is 2.59. The predicted molar refractivity (Wildman–Crippen MR) is 71.9 cm³/mol. The Morgan fingerprint density at radius 1 is 1.39 bits per heavy atom. The van der Waals surface area contributed by atoms with Crippen molar-refractivity contribution in [3.8, 4) is 11.5 Å². The van der Waals surface area contributed by atoms with Crippen molar-refractivity contribution in [2.45, 2.75) is 32.2 Å². The van der Waals surface area contributed by atoms with Gasteiger partial charge in [0, 0.05) is 6.04 Å². The highest BCUT2D eigenvalue weighted by Gasteiger charge is 2.23. The number of fused-ring (bicyclic) bond motifs is 1. The van der Waals surface area contributed by atoms with Gasteiger partial charge in [-0.15, -0.1) is 0 Å². The van der Waals surface area contributed by atoms with E-state index in [0.29, 0.717) is 19.3 Å². The fourth-order valence-electron chi connectivity index (χ4n) is 2.73. The molecule has 1 atom stereocenters. The van der Waals surface area contributed by atoms with Crippen LogP contribution in [0.1, 0.15) is 24.0 Å². The molecule has 1 unspecified atom stereocenters. The average Bonchev–Trinajstić information content (AvgIpc) is 2.87. The van der Waals surface area contributed by atoms with E-state index in [0.717, 1.165) is 29.5 Å². The molecule has 1 N–H and O–H groups in total. The SMILES string of the molecule is Cc1cc2c(c(Cl)c1CC1CCCN1)OCCO2. The summed E-state index contributed by atoms with van der Waals surface area (Å²) in [6.07, 6.45) is 3.46. The van der Waals surface area contributed by atoms with E-state index in [1.807, 2.05) is 6.07 Å². The van der Waals surface area contributed by atoms with Gasteiger partial charge < -0.3 is 14.8 Å². The zero-order valence-corrected chi connectivity index (χ0v) is 11.3. The molecule has 0 spiro atoms. The van der Waals surface area contributed by atoms with Crippen molar-refractivity contribution in [2.75, 3.05) is 19.8 Å². The quantitative estimate of drug-likeness (QED) is 0.894. The van der Waals surface area contributed by atoms with Crippen LogP contribution in [0.15, 0.2) is 6.07 Å². The summed E-state index contributed by atoms with van der Waals surface area (Å²) >= 11 is 6.48. The Bertz CT molecular complexity index is 456. The molecular weight excluding hydrogens is 250 g/mol. The van der Waals surface area contributed by atoms with Gasteiger partial charge in [-0.3, -0.25) is 0 Å². The van der Waals surface area contributed by atoms with E-state index in [1.165, 1.54) is 24.0 Å². The van der Waals surface area contributed by atoms with Gasteiger partial charge in [-0.05, 0) is 49.9 Å². The van der Waals surface area contributed by atoms with Gasteiger partial charge in [0.2, 0.25) is 0 Å². The molecule has 3 rings (SSSR count). The Hall–Kier alpha value is -0.930. The molecule has 1 fully saturated rings. The van der Waals surface area contributed by atoms with Crippen molar-refractivity contribution in [2.24, 2.45) is 0 Å². The zero-order chi connectivity index (χ0) is 12.5. The molecule has 0 aromatic heterocycles. The summed E-state index contributed by atoms with van der Waals surface area (Å²) in [5, 5.41) is 4.24. The molecule has 4 heteroatoms. The van der Waals surface area contributed by atoms with Crippen LogP contribution in [-0.2, 0) is 6.42 Å². The van der Waals surface area contributed by atoms with E-state index >= 15 is 0 Å². The smallest absolute Gasteiger partial charge is 0.180 e. The van der Waals surface area contributed by atoms with E-state index < -0.39 is 0 Å². The summed E-state index contributed by atoms with van der Waals surface area (Å²) < 4.78 is 11.2. The molecule has 2 heterocycles. The molecule has 2 aliphatic heterocycles. The Kier molecular flexibility index (Phi) is 3.35. The van der Waals surface area contributed by atoms with Gasteiger partial charge in [0.25, 0.3) is 0 Å². The lowest BCUT2D eigenvalue weighted by Crippen LogP contribution is -2.24. The van der Waals surface area contributed by atoms with Crippen LogP contribution in [-0.4, -0.2) is 25.8 Å². The minimum absolute atomic E-state index is 0.545. The lowest BCUT2D eigenvalue weighted by Gasteiger charge is -2.23. The predicted octanol–water partition coefficient (Wildman–Crippen LogP) is 2.71. The highest BCUT2D eigenvalue weighted by atomic mass is 35.5. The lowest BCUT2D eigenvalue weighted by atomic mass is 9.99. The number of aryl methyl sites for hydroxylation is 1. The highest BCUT2D eigenvalue weighted by molar-refractivity contribution is 6.33. The van der Waals surface area contributed by atoms with Gasteiger partial charge in [0.1, 0.15) is 13.2 Å². The highest BCUT2D eigenvalue weighted by Crippen LogP contribution is 2.41. The van der Waals surface area contributed by atoms with Gasteiger partial charge in [0.15, 0.2) is 11.5 Å². The second-order valence-electron chi connectivity index (χ2n) is 5.01. The first-order chi connectivity index (χ1) is 8.75. The van der Waals surface area contributed by atoms with E-state index in [1.54, 1.807) is 0 Å². The second-order valence-corrected chi connectivity index (χ2v) is 5.39. The van der Waals surface area contributed by atoms with Crippen LogP contribution in [0.4, 0.5) is 0 Å². The number of nitrogens with one attached hydrogen (secondary N) is 1. The summed E-state index contributed by atoms with van der Waals surface area (Å²) in [7, 11) is 0. The number of hydrogen-bond acceptors (Lipinski definition) is 3. The third kappa shape index (κ3) is 2.17. The largest absolute Gasteiger partial charge is 0.486 e. The zero-order valence-electron chi connectivity index (χ0n) is 10.6. The van der Waals surface area contributed by atoms with Crippen molar-refractivity contribution in [3.05, 3.63) is 22.2 Å². The van der Waals surface area contributed by atoms with Crippen molar-refractivity contribution in [1.29, 1.82) is 0 Å². The first-order valence-corrected chi connectivity index (χ1v) is 6.94. The molecule has 1 aromatic rings. The summed E-state index contributed by atoms with van der Waals surface area (Å²) in [4.78, 5) is 0. The van der Waals surface area contributed by atoms with E-state index in [4.69, 9.17) is 21.1 Å². The standard InChI is InChI=1S/C14H18ClNO2/c1-9-7-12-14(18-6-5-17-12)13(15)11(9)8-10-3-2-4-16-10/h7,10,16H,2-6,8H2,1H3. The monoisotopic (exact) mass is 267 g/mol. The van der Waals surface area contributed by atoms with Crippen molar-refractivity contribution < 1.29 is 9.47 Å². The summed E-state index contributed by atoms with van der Waals surface area (Å²) in [5.74, 6) is 1.51. The van der Waals surface area contributed by atoms with Crippen LogP contribution in [0.2, 0.25) is 5.02 Å². The molecule has 1 saturated heterocycles. The number of ether oxygens (including phenoxy) is 2. The topological polar surface area (TPSA) is 30.5 Å². The third-order valence-electron chi connectivity index (χ3n) is 3.71. The van der Waals surface area contributed by atoms with Crippen LogP contribution < -0.4 is 14.8 Å². The third-order valence-corrected chi connectivity index (χ3v) is 4.11. The minimum atomic E-state index is 0.545. The fraction of sp³-hybridized carbons (Fsp3) is 0.571. The minimum Gasteiger partial charge on any atom is -0.486 e. The van der Waals surface area contributed by atoms with Crippen molar-refractivity contribution in [3.63, 3.8) is 0 Å². The molecule has 1 aromatic carbocycles. The first-order valence-electron chi connectivity index (χ1n) is 6.56. The Morgan fingerprint density at radius 2 is 2.22 bits per heavy atom. The molecule has 18 heavy (non-hydrogen) atoms. The lowest BCUT2D eigenvalue weighted by molar-refractivity contribution is 0.171. The molecule has 98 valence electrons. The maximum atomic E-state index is 6.48. The molecule has 3 nitrogen and oxygen atoms in total. The molecule has 0 amide bonds. The number of hydrogen-bond donors (Lipinski definition) is 1. The Morgan fingerprint density at radius 3 is 3.00 bits per heavy atom. The van der Waals surface area contributed by atoms with Crippen LogP contribution in [0.3, 0.4) is 0 Å². The van der Waals surface area contributed by atoms with E-state index in [-0.39, 0.29) is 0 Å². The molecule has 0 aliphatic carbocycles. The molecular formula is C14H18ClNO2. The average molecular weight is 268 g/mol. The van der Waals surface area contributed by atoms with Crippen LogP contribution >= 0.6 is 11.6 Å². The number of rotatable bonds is 2. The van der Waals surface area contributed by atoms with Gasteiger partial charge >= 0.3 is 0 Å². The maximum absolute atomic E-state index is 6.48. The van der Waals surface area contributed by atoms with Crippen molar-refractivity contribution >= 4 is 11.6 Å². The number of benzene rings is 1. The molecule has 0 radical (unpaired) electrons. The van der Waals surface area contributed by atoms with E-state index in [9.17, 15) is 0 Å². The number of halogens is 1. The maximum Gasteiger partial charge on any atom is 0.180 e. The van der Waals surface area contributed by atoms with Crippen LogP contribution in [0.5, 0.6) is 11.5 Å². The van der Waals surface area contributed by atoms with Gasteiger partial charge in [0.05, 0.1) is 5.02 Å². The first kappa shape index (κ1) is 12.1. The normalized spacial score (nSPS) is 22.2. The molecule has 2 aliphatic rings. The van der Waals surface area contributed by atoms with E-state index in [2.05, 4.69) is 12.2 Å². The van der Waals surface area contributed by atoms with Gasteiger partial charge in [-0.1, -0.05) is 11.6 Å². The summed E-state index contributed by atoms with van der Waals surface area (Å²) in [5.41, 5.74) is 2.39. The van der Waals surface area contributed by atoms with Crippen molar-refractivity contribution in [1.82, 2.24) is 5.32 Å². The fourth-order valence-corrected chi connectivity index (χ4v) is 3.11. The summed E-state index contributed by atoms with van der Waals surface area (Å²) in [6.45, 7) is 4.39. The molecule has 0 bridgehead atoms. The Labute approximate surface area is 112 Å². The van der Waals surface area contributed by atoms with Gasteiger partial charge in [-0.25, -0.2) is 0 Å². The van der Waals surface area contributed by atoms with Crippen LogP contribution in [0.25, 0.3) is 0 Å². The van der Waals surface area contributed by atoms with Crippen LogP contribution in [0, 0.1) is 6.92 Å². The molecule has 0 saturated carbocycles. The Balaban J connectivity index is 1.92. The second kappa shape index (κ2) is 4.98.